The van der Waals surface area contributed by atoms with Crippen molar-refractivity contribution in [3.8, 4) is 0 Å². The number of carbonyl (C=O) groups is 2. The van der Waals surface area contributed by atoms with Gasteiger partial charge in [0.25, 0.3) is 11.8 Å². The van der Waals surface area contributed by atoms with Gasteiger partial charge < -0.3 is 14.5 Å². The van der Waals surface area contributed by atoms with Gasteiger partial charge in [-0.1, -0.05) is 11.2 Å². The molecular weight excluding hydrogens is 298 g/mol. The van der Waals surface area contributed by atoms with Gasteiger partial charge in [-0.15, -0.1) is 0 Å². The van der Waals surface area contributed by atoms with Gasteiger partial charge in [0.05, 0.1) is 5.56 Å². The maximum atomic E-state index is 12.9. The Bertz CT molecular complexity index is 807. The molecule has 3 aliphatic rings. The predicted molar refractivity (Wildman–Crippen MR) is 77.9 cm³/mol. The molecule has 2 saturated heterocycles. The van der Waals surface area contributed by atoms with Crippen LogP contribution in [-0.2, 0) is 5.54 Å². The minimum Gasteiger partial charge on any atom is -0.478 e. The lowest BCUT2D eigenvalue weighted by Gasteiger charge is -2.38. The Kier molecular flexibility index (Phi) is 2.81. The molecule has 1 aromatic carbocycles. The summed E-state index contributed by atoms with van der Waals surface area (Å²) in [6.45, 7) is 2.38. The number of hydrogen-bond acceptors (Lipinski definition) is 5. The van der Waals surface area contributed by atoms with E-state index in [1.807, 2.05) is 0 Å². The van der Waals surface area contributed by atoms with Gasteiger partial charge in [-0.3, -0.25) is 4.79 Å². The molecule has 2 aromatic rings. The lowest BCUT2D eigenvalue weighted by atomic mass is 9.73. The van der Waals surface area contributed by atoms with E-state index >= 15 is 0 Å². The van der Waals surface area contributed by atoms with Gasteiger partial charge in [0.2, 0.25) is 0 Å². The number of aromatic nitrogens is 2. The first-order valence-corrected chi connectivity index (χ1v) is 7.46. The zero-order chi connectivity index (χ0) is 16.2. The number of nitrogens with zero attached hydrogens (tertiary/aromatic N) is 3. The molecule has 23 heavy (non-hydrogen) atoms. The Morgan fingerprint density at radius 1 is 1.35 bits per heavy atom. The summed E-state index contributed by atoms with van der Waals surface area (Å²) in [5.74, 6) is 0.224. The van der Waals surface area contributed by atoms with Crippen LogP contribution in [-0.4, -0.2) is 38.6 Å². The first-order valence-electron chi connectivity index (χ1n) is 7.46. The minimum atomic E-state index is -1.05. The number of benzene rings is 1. The van der Waals surface area contributed by atoms with Gasteiger partial charge in [-0.25, -0.2) is 4.79 Å². The molecule has 0 atom stereocenters. The first kappa shape index (κ1) is 13.9. The van der Waals surface area contributed by atoms with Crippen LogP contribution in [0.4, 0.5) is 0 Å². The molecule has 1 amide bonds. The van der Waals surface area contributed by atoms with Crippen molar-refractivity contribution in [1.29, 1.82) is 0 Å². The van der Waals surface area contributed by atoms with E-state index in [1.165, 1.54) is 12.1 Å². The van der Waals surface area contributed by atoms with E-state index in [0.717, 1.165) is 12.8 Å². The molecule has 2 aliphatic heterocycles. The van der Waals surface area contributed by atoms with Crippen LogP contribution in [0.1, 0.15) is 45.3 Å². The molecule has 1 aromatic heterocycles. The van der Waals surface area contributed by atoms with E-state index in [4.69, 9.17) is 9.63 Å². The maximum Gasteiger partial charge on any atom is 0.335 e. The zero-order valence-corrected chi connectivity index (χ0v) is 12.5. The molecule has 1 saturated carbocycles. The molecule has 3 fully saturated rings. The second kappa shape index (κ2) is 4.65. The molecular formula is C16H15N3O4. The van der Waals surface area contributed by atoms with Crippen LogP contribution >= 0.6 is 0 Å². The second-order valence-corrected chi connectivity index (χ2v) is 6.25. The zero-order valence-electron chi connectivity index (χ0n) is 12.5. The summed E-state index contributed by atoms with van der Waals surface area (Å²) in [6.07, 6.45) is 1.64. The van der Waals surface area contributed by atoms with Crippen LogP contribution in [0.15, 0.2) is 28.8 Å². The van der Waals surface area contributed by atoms with Crippen molar-refractivity contribution in [3.63, 3.8) is 0 Å². The van der Waals surface area contributed by atoms with Crippen LogP contribution in [0, 0.1) is 12.8 Å². The van der Waals surface area contributed by atoms with E-state index in [9.17, 15) is 9.59 Å². The molecule has 7 nitrogen and oxygen atoms in total. The number of rotatable bonds is 3. The summed E-state index contributed by atoms with van der Waals surface area (Å²) in [5, 5.41) is 12.9. The number of fused-ring (bicyclic) bond motifs is 1. The molecule has 1 N–H and O–H groups in total. The highest BCUT2D eigenvalue weighted by atomic mass is 16.5. The lowest BCUT2D eigenvalue weighted by molar-refractivity contribution is 0.0428. The average Bonchev–Trinajstić information content (AvgIpc) is 3.18. The van der Waals surface area contributed by atoms with Crippen molar-refractivity contribution in [1.82, 2.24) is 15.0 Å². The average molecular weight is 313 g/mol. The molecule has 7 heteroatoms. The number of carbonyl (C=O) groups excluding carboxylic acids is 1. The van der Waals surface area contributed by atoms with Gasteiger partial charge in [-0.05, 0) is 43.9 Å². The summed E-state index contributed by atoms with van der Waals surface area (Å²) >= 11 is 0. The Morgan fingerprint density at radius 3 is 2.74 bits per heavy atom. The second-order valence-electron chi connectivity index (χ2n) is 6.25. The van der Waals surface area contributed by atoms with E-state index in [-0.39, 0.29) is 11.5 Å². The quantitative estimate of drug-likeness (QED) is 0.928. The van der Waals surface area contributed by atoms with Gasteiger partial charge >= 0.3 is 5.97 Å². The maximum absolute atomic E-state index is 12.9. The summed E-state index contributed by atoms with van der Waals surface area (Å²) in [6, 6.07) is 6.10. The molecule has 0 radical (unpaired) electrons. The highest BCUT2D eigenvalue weighted by molar-refractivity contribution is 5.98. The van der Waals surface area contributed by atoms with Crippen molar-refractivity contribution in [2.45, 2.75) is 25.3 Å². The lowest BCUT2D eigenvalue weighted by Crippen LogP contribution is -2.46. The Morgan fingerprint density at radius 2 is 2.09 bits per heavy atom. The smallest absolute Gasteiger partial charge is 0.335 e. The highest BCUT2D eigenvalue weighted by Gasteiger charge is 2.62. The fraction of sp³-hybridized carbons (Fsp3) is 0.375. The largest absolute Gasteiger partial charge is 0.478 e. The van der Waals surface area contributed by atoms with Gasteiger partial charge in [0.1, 0.15) is 5.54 Å². The number of carboxylic acid groups (broad SMARTS) is 1. The van der Waals surface area contributed by atoms with Crippen molar-refractivity contribution in [2.24, 2.45) is 5.92 Å². The number of carboxylic acids is 1. The monoisotopic (exact) mass is 313 g/mol. The van der Waals surface area contributed by atoms with E-state index in [1.54, 1.807) is 24.0 Å². The third-order valence-corrected chi connectivity index (χ3v) is 4.74. The predicted octanol–water partition coefficient (Wildman–Crippen LogP) is 1.84. The molecule has 2 bridgehead atoms. The summed E-state index contributed by atoms with van der Waals surface area (Å²) in [4.78, 5) is 30.1. The number of aryl methyl sites for hydroxylation is 1. The molecule has 0 spiro atoms. The highest BCUT2D eigenvalue weighted by Crippen LogP contribution is 2.56. The number of hydrogen-bond donors (Lipinski definition) is 1. The number of aromatic carboxylic acids is 1. The standard InChI is InChI=1S/C16H15N3O4/c1-9-17-15(23-18-9)16-6-10(7-16)8-19(16)13(20)11-3-2-4-12(5-11)14(21)22/h2-5,10H,6-8H2,1H3,(H,21,22). The third kappa shape index (κ3) is 1.96. The third-order valence-electron chi connectivity index (χ3n) is 4.74. The minimum absolute atomic E-state index is 0.102. The Hall–Kier alpha value is -2.70. The van der Waals surface area contributed by atoms with E-state index in [2.05, 4.69) is 10.1 Å². The van der Waals surface area contributed by atoms with Crippen LogP contribution in [0.25, 0.3) is 0 Å². The van der Waals surface area contributed by atoms with Crippen molar-refractivity contribution < 1.29 is 19.2 Å². The van der Waals surface area contributed by atoms with E-state index in [0.29, 0.717) is 29.7 Å². The van der Waals surface area contributed by atoms with Crippen molar-refractivity contribution >= 4 is 11.9 Å². The summed E-state index contributed by atoms with van der Waals surface area (Å²) in [5.41, 5.74) is -0.0551. The normalized spacial score (nSPS) is 25.3. The van der Waals surface area contributed by atoms with Crippen molar-refractivity contribution in [3.05, 3.63) is 47.1 Å². The van der Waals surface area contributed by atoms with Gasteiger partial charge in [0, 0.05) is 12.1 Å². The fourth-order valence-corrected chi connectivity index (χ4v) is 3.67. The topological polar surface area (TPSA) is 96.5 Å². The Balaban J connectivity index is 1.69. The first-order chi connectivity index (χ1) is 11.0. The molecule has 0 unspecified atom stereocenters. The van der Waals surface area contributed by atoms with Crippen molar-refractivity contribution in [2.75, 3.05) is 6.54 Å². The summed E-state index contributed by atoms with van der Waals surface area (Å²) in [7, 11) is 0. The van der Waals surface area contributed by atoms with Crippen LogP contribution < -0.4 is 0 Å². The van der Waals surface area contributed by atoms with E-state index < -0.39 is 11.5 Å². The molecule has 118 valence electrons. The Labute approximate surface area is 131 Å². The van der Waals surface area contributed by atoms with Gasteiger partial charge in [0.15, 0.2) is 5.82 Å². The fourth-order valence-electron chi connectivity index (χ4n) is 3.67. The summed E-state index contributed by atoms with van der Waals surface area (Å²) < 4.78 is 5.32. The SMILES string of the molecule is Cc1noc(C23CC(CN2C(=O)c2cccc(C(=O)O)c2)C3)n1. The van der Waals surface area contributed by atoms with Crippen LogP contribution in [0.3, 0.4) is 0 Å². The van der Waals surface area contributed by atoms with Gasteiger partial charge in [-0.2, -0.15) is 4.98 Å². The molecule has 3 heterocycles. The van der Waals surface area contributed by atoms with Crippen LogP contribution in [0.5, 0.6) is 0 Å². The number of amides is 1. The molecule has 5 rings (SSSR count). The van der Waals surface area contributed by atoms with Crippen LogP contribution in [0.2, 0.25) is 0 Å². The molecule has 1 aliphatic carbocycles.